The third-order valence-electron chi connectivity index (χ3n) is 2.43. The molecule has 0 bridgehead atoms. The Labute approximate surface area is 125 Å². The molecule has 0 spiro atoms. The lowest BCUT2D eigenvalue weighted by molar-refractivity contribution is 0.584. The molecule has 4 heteroatoms. The molecule has 0 aliphatic carbocycles. The highest BCUT2D eigenvalue weighted by molar-refractivity contribution is 9.10. The van der Waals surface area contributed by atoms with Crippen molar-refractivity contribution in [3.63, 3.8) is 0 Å². The average Bonchev–Trinajstić information content (AvgIpc) is 2.82. The van der Waals surface area contributed by atoms with Gasteiger partial charge in [0.05, 0.1) is 4.21 Å². The van der Waals surface area contributed by atoms with Gasteiger partial charge in [-0.3, -0.25) is 0 Å². The lowest BCUT2D eigenvalue weighted by atomic mass is 10.2. The van der Waals surface area contributed by atoms with E-state index in [2.05, 4.69) is 70.8 Å². The van der Waals surface area contributed by atoms with Gasteiger partial charge in [0.25, 0.3) is 0 Å². The minimum atomic E-state index is 0.503. The minimum absolute atomic E-state index is 0.503. The molecule has 2 aromatic rings. The molecule has 2 rings (SSSR count). The first-order chi connectivity index (χ1) is 8.65. The van der Waals surface area contributed by atoms with Crippen LogP contribution in [0, 0.1) is 0 Å². The number of halogens is 1. The summed E-state index contributed by atoms with van der Waals surface area (Å²) in [6, 6.07) is 11.3. The summed E-state index contributed by atoms with van der Waals surface area (Å²) < 4.78 is 2.47. The van der Waals surface area contributed by atoms with Crippen molar-refractivity contribution < 1.29 is 0 Å². The maximum atomic E-state index is 3.55. The predicted octanol–water partition coefficient (Wildman–Crippen LogP) is 5.16. The maximum Gasteiger partial charge on any atom is 0.0646 e. The minimum Gasteiger partial charge on any atom is -0.310 e. The van der Waals surface area contributed by atoms with Crippen molar-refractivity contribution >= 4 is 39.0 Å². The van der Waals surface area contributed by atoms with Crippen LogP contribution in [0.1, 0.15) is 19.4 Å². The molecule has 0 radical (unpaired) electrons. The summed E-state index contributed by atoms with van der Waals surface area (Å²) in [4.78, 5) is 1.33. The molecule has 0 saturated carbocycles. The molecule has 1 nitrogen and oxygen atoms in total. The zero-order valence-electron chi connectivity index (χ0n) is 10.4. The Morgan fingerprint density at radius 1 is 1.33 bits per heavy atom. The number of hydrogen-bond acceptors (Lipinski definition) is 3. The molecule has 0 fully saturated rings. The van der Waals surface area contributed by atoms with Gasteiger partial charge in [-0.05, 0) is 35.2 Å². The standard InChI is InChI=1S/C14H16BrNS2/c1-10(2)16-9-11-8-12(15)5-6-13(11)18-14-4-3-7-17-14/h3-8,10,16H,9H2,1-2H3. The van der Waals surface area contributed by atoms with Crippen molar-refractivity contribution in [2.45, 2.75) is 35.5 Å². The van der Waals surface area contributed by atoms with Crippen LogP contribution in [0.25, 0.3) is 0 Å². The molecule has 1 aromatic carbocycles. The fourth-order valence-electron chi connectivity index (χ4n) is 1.53. The smallest absolute Gasteiger partial charge is 0.0646 e. The molecular weight excluding hydrogens is 326 g/mol. The summed E-state index contributed by atoms with van der Waals surface area (Å²) in [6.07, 6.45) is 0. The number of nitrogens with one attached hydrogen (secondary N) is 1. The zero-order chi connectivity index (χ0) is 13.0. The molecule has 1 heterocycles. The normalized spacial score (nSPS) is 11.1. The van der Waals surface area contributed by atoms with Crippen LogP contribution in [-0.2, 0) is 6.54 Å². The van der Waals surface area contributed by atoms with Crippen LogP contribution >= 0.6 is 39.0 Å². The number of rotatable bonds is 5. The highest BCUT2D eigenvalue weighted by Crippen LogP contribution is 2.34. The highest BCUT2D eigenvalue weighted by Gasteiger charge is 2.06. The van der Waals surface area contributed by atoms with Gasteiger partial charge in [-0.1, -0.05) is 47.6 Å². The first-order valence-electron chi connectivity index (χ1n) is 5.88. The lowest BCUT2D eigenvalue weighted by Crippen LogP contribution is -2.22. The fraction of sp³-hybridized carbons (Fsp3) is 0.286. The van der Waals surface area contributed by atoms with Gasteiger partial charge >= 0.3 is 0 Å². The van der Waals surface area contributed by atoms with E-state index in [4.69, 9.17) is 0 Å². The number of thiophene rings is 1. The number of hydrogen-bond donors (Lipinski definition) is 1. The van der Waals surface area contributed by atoms with E-state index in [-0.39, 0.29) is 0 Å². The number of benzene rings is 1. The van der Waals surface area contributed by atoms with Crippen LogP contribution in [0.2, 0.25) is 0 Å². The Hall–Kier alpha value is -0.290. The second-order valence-corrected chi connectivity index (χ2v) is 7.53. The molecule has 0 unspecified atom stereocenters. The van der Waals surface area contributed by atoms with Gasteiger partial charge < -0.3 is 5.32 Å². The molecule has 1 N–H and O–H groups in total. The molecule has 0 aliphatic heterocycles. The van der Waals surface area contributed by atoms with Crippen molar-refractivity contribution in [3.8, 4) is 0 Å². The Morgan fingerprint density at radius 2 is 2.17 bits per heavy atom. The van der Waals surface area contributed by atoms with E-state index in [9.17, 15) is 0 Å². The first-order valence-corrected chi connectivity index (χ1v) is 8.37. The summed E-state index contributed by atoms with van der Waals surface area (Å²) in [5, 5.41) is 5.60. The highest BCUT2D eigenvalue weighted by atomic mass is 79.9. The van der Waals surface area contributed by atoms with E-state index in [0.29, 0.717) is 6.04 Å². The van der Waals surface area contributed by atoms with Crippen molar-refractivity contribution in [3.05, 3.63) is 45.7 Å². The van der Waals surface area contributed by atoms with Crippen LogP contribution in [-0.4, -0.2) is 6.04 Å². The van der Waals surface area contributed by atoms with E-state index < -0.39 is 0 Å². The summed E-state index contributed by atoms with van der Waals surface area (Å²) in [5.41, 5.74) is 1.34. The van der Waals surface area contributed by atoms with Gasteiger partial charge in [0.2, 0.25) is 0 Å². The van der Waals surface area contributed by atoms with Gasteiger partial charge in [-0.15, -0.1) is 11.3 Å². The first kappa shape index (κ1) is 14.1. The Morgan fingerprint density at radius 3 is 2.83 bits per heavy atom. The van der Waals surface area contributed by atoms with E-state index in [0.717, 1.165) is 11.0 Å². The van der Waals surface area contributed by atoms with Gasteiger partial charge in [0, 0.05) is 22.0 Å². The van der Waals surface area contributed by atoms with Crippen LogP contribution in [0.5, 0.6) is 0 Å². The van der Waals surface area contributed by atoms with Crippen LogP contribution in [0.4, 0.5) is 0 Å². The van der Waals surface area contributed by atoms with Gasteiger partial charge in [-0.25, -0.2) is 0 Å². The quantitative estimate of drug-likeness (QED) is 0.805. The molecule has 1 aromatic heterocycles. The second kappa shape index (κ2) is 6.75. The van der Waals surface area contributed by atoms with Crippen LogP contribution < -0.4 is 5.32 Å². The van der Waals surface area contributed by atoms with Gasteiger partial charge in [0.15, 0.2) is 0 Å². The maximum absolute atomic E-state index is 3.55. The van der Waals surface area contributed by atoms with Crippen molar-refractivity contribution in [1.29, 1.82) is 0 Å². The van der Waals surface area contributed by atoms with E-state index in [1.165, 1.54) is 14.7 Å². The summed E-state index contributed by atoms with van der Waals surface area (Å²) in [6.45, 7) is 5.25. The second-order valence-electron chi connectivity index (χ2n) is 4.32. The third-order valence-corrected chi connectivity index (χ3v) is 5.08. The molecule has 0 saturated heterocycles. The average molecular weight is 342 g/mol. The molecule has 0 amide bonds. The molecule has 0 aliphatic rings. The fourth-order valence-corrected chi connectivity index (χ4v) is 3.78. The molecule has 18 heavy (non-hydrogen) atoms. The van der Waals surface area contributed by atoms with Gasteiger partial charge in [0.1, 0.15) is 0 Å². The topological polar surface area (TPSA) is 12.0 Å². The third kappa shape index (κ3) is 4.12. The largest absolute Gasteiger partial charge is 0.310 e. The van der Waals surface area contributed by atoms with E-state index in [1.54, 1.807) is 11.3 Å². The van der Waals surface area contributed by atoms with Crippen molar-refractivity contribution in [2.75, 3.05) is 0 Å². The summed E-state index contributed by atoms with van der Waals surface area (Å²) in [7, 11) is 0. The molecular formula is C14H16BrNS2. The van der Waals surface area contributed by atoms with E-state index >= 15 is 0 Å². The molecule has 96 valence electrons. The van der Waals surface area contributed by atoms with Gasteiger partial charge in [-0.2, -0.15) is 0 Å². The van der Waals surface area contributed by atoms with Crippen molar-refractivity contribution in [2.24, 2.45) is 0 Å². The van der Waals surface area contributed by atoms with Crippen LogP contribution in [0.15, 0.2) is 49.3 Å². The summed E-state index contributed by atoms with van der Waals surface area (Å²) in [5.74, 6) is 0. The van der Waals surface area contributed by atoms with E-state index in [1.807, 2.05) is 11.8 Å². The summed E-state index contributed by atoms with van der Waals surface area (Å²) >= 11 is 7.17. The Balaban J connectivity index is 2.17. The lowest BCUT2D eigenvalue weighted by Gasteiger charge is -2.12. The van der Waals surface area contributed by atoms with Crippen LogP contribution in [0.3, 0.4) is 0 Å². The Kier molecular flexibility index (Phi) is 5.30. The zero-order valence-corrected chi connectivity index (χ0v) is 13.7. The Bertz CT molecular complexity index is 495. The molecule has 0 atom stereocenters. The predicted molar refractivity (Wildman–Crippen MR) is 84.6 cm³/mol. The van der Waals surface area contributed by atoms with Crippen molar-refractivity contribution in [1.82, 2.24) is 5.32 Å². The monoisotopic (exact) mass is 341 g/mol. The SMILES string of the molecule is CC(C)NCc1cc(Br)ccc1Sc1cccs1.